The van der Waals surface area contributed by atoms with Crippen molar-refractivity contribution in [2.45, 2.75) is 32.2 Å². The number of thioether (sulfide) groups is 1. The van der Waals surface area contributed by atoms with E-state index >= 15 is 0 Å². The van der Waals surface area contributed by atoms with E-state index in [1.54, 1.807) is 13.0 Å². The van der Waals surface area contributed by atoms with Crippen LogP contribution in [0.4, 0.5) is 16.2 Å². The molecule has 1 aromatic rings. The molecule has 6 nitrogen and oxygen atoms in total. The minimum atomic E-state index is -0.222. The zero-order valence-electron chi connectivity index (χ0n) is 15.4. The first-order valence-electron chi connectivity index (χ1n) is 8.57. The molecule has 1 saturated heterocycles. The number of anilines is 2. The maximum Gasteiger partial charge on any atom is 0.319 e. The smallest absolute Gasteiger partial charge is 0.319 e. The van der Waals surface area contributed by atoms with Gasteiger partial charge in [-0.25, -0.2) is 4.79 Å². The number of carbonyl (C=O) groups excluding carboxylic acids is 2. The summed E-state index contributed by atoms with van der Waals surface area (Å²) in [5.74, 6) is 2.10. The Balaban J connectivity index is 1.98. The van der Waals surface area contributed by atoms with Crippen LogP contribution < -0.4 is 16.0 Å². The molecule has 1 aliphatic rings. The van der Waals surface area contributed by atoms with Crippen molar-refractivity contribution in [1.29, 1.82) is 0 Å². The molecule has 3 amide bonds. The van der Waals surface area contributed by atoms with Gasteiger partial charge in [-0.05, 0) is 50.9 Å². The largest absolute Gasteiger partial charge is 0.336 e. The van der Waals surface area contributed by atoms with Crippen molar-refractivity contribution in [2.75, 3.05) is 42.8 Å². The molecular formula is C18H28N4O2S. The van der Waals surface area contributed by atoms with Crippen LogP contribution in [0.1, 0.15) is 25.3 Å². The van der Waals surface area contributed by atoms with Gasteiger partial charge in [0.15, 0.2) is 0 Å². The number of nitrogens with zero attached hydrogens (tertiary/aromatic N) is 1. The maximum absolute atomic E-state index is 12.3. The van der Waals surface area contributed by atoms with Gasteiger partial charge in [-0.1, -0.05) is 13.0 Å². The first kappa shape index (κ1) is 19.6. The van der Waals surface area contributed by atoms with Crippen LogP contribution in [-0.2, 0) is 4.79 Å². The topological polar surface area (TPSA) is 73.5 Å². The average Bonchev–Trinajstić information content (AvgIpc) is 3.06. The first-order valence-corrected chi connectivity index (χ1v) is 9.72. The van der Waals surface area contributed by atoms with Crippen molar-refractivity contribution < 1.29 is 9.59 Å². The molecule has 138 valence electrons. The monoisotopic (exact) mass is 364 g/mol. The molecular weight excluding hydrogens is 336 g/mol. The molecule has 1 aromatic carbocycles. The Labute approximate surface area is 154 Å². The average molecular weight is 365 g/mol. The van der Waals surface area contributed by atoms with E-state index in [9.17, 15) is 9.59 Å². The van der Waals surface area contributed by atoms with Crippen molar-refractivity contribution in [3.63, 3.8) is 0 Å². The second-order valence-electron chi connectivity index (χ2n) is 6.66. The van der Waals surface area contributed by atoms with Gasteiger partial charge in [-0.2, -0.15) is 11.8 Å². The van der Waals surface area contributed by atoms with Crippen LogP contribution >= 0.6 is 11.8 Å². The fourth-order valence-electron chi connectivity index (χ4n) is 2.74. The molecule has 7 heteroatoms. The Morgan fingerprint density at radius 1 is 1.28 bits per heavy atom. The molecule has 1 heterocycles. The summed E-state index contributed by atoms with van der Waals surface area (Å²) in [6.07, 6.45) is 1.49. The zero-order chi connectivity index (χ0) is 18.4. The number of benzene rings is 1. The standard InChI is InChI=1S/C18H28N4O2S/c1-5-16(23)20-14-7-6-13(2)15(10-14)21-17(24)19-11-18(22(3)4)8-9-25-12-18/h6-7,10H,5,8-9,11-12H2,1-4H3,(H,20,23)(H2,19,21,24)/t18-/m0/s1. The third-order valence-electron chi connectivity index (χ3n) is 4.70. The van der Waals surface area contributed by atoms with E-state index in [4.69, 9.17) is 0 Å². The highest BCUT2D eigenvalue weighted by atomic mass is 32.2. The molecule has 0 radical (unpaired) electrons. The Kier molecular flexibility index (Phi) is 6.72. The van der Waals surface area contributed by atoms with Crippen molar-refractivity contribution in [3.8, 4) is 0 Å². The van der Waals surface area contributed by atoms with Gasteiger partial charge in [0.1, 0.15) is 0 Å². The van der Waals surface area contributed by atoms with E-state index in [-0.39, 0.29) is 17.5 Å². The minimum absolute atomic E-state index is 0.0218. The highest BCUT2D eigenvalue weighted by molar-refractivity contribution is 7.99. The van der Waals surface area contributed by atoms with Crippen molar-refractivity contribution >= 4 is 35.1 Å². The van der Waals surface area contributed by atoms with Gasteiger partial charge in [0.25, 0.3) is 0 Å². The van der Waals surface area contributed by atoms with E-state index in [0.717, 1.165) is 23.5 Å². The van der Waals surface area contributed by atoms with Gasteiger partial charge in [0.05, 0.1) is 0 Å². The molecule has 0 unspecified atom stereocenters. The molecule has 1 atom stereocenters. The second-order valence-corrected chi connectivity index (χ2v) is 7.77. The van der Waals surface area contributed by atoms with Crippen LogP contribution in [0.25, 0.3) is 0 Å². The number of hydrogen-bond donors (Lipinski definition) is 3. The molecule has 0 saturated carbocycles. The lowest BCUT2D eigenvalue weighted by Gasteiger charge is -2.35. The van der Waals surface area contributed by atoms with Crippen molar-refractivity contribution in [2.24, 2.45) is 0 Å². The van der Waals surface area contributed by atoms with E-state index in [1.807, 2.05) is 30.8 Å². The number of amides is 3. The van der Waals surface area contributed by atoms with E-state index in [2.05, 4.69) is 34.9 Å². The number of urea groups is 1. The zero-order valence-corrected chi connectivity index (χ0v) is 16.3. The Morgan fingerprint density at radius 3 is 2.64 bits per heavy atom. The summed E-state index contributed by atoms with van der Waals surface area (Å²) >= 11 is 1.92. The summed E-state index contributed by atoms with van der Waals surface area (Å²) in [6, 6.07) is 5.29. The Morgan fingerprint density at radius 2 is 2.04 bits per heavy atom. The second kappa shape index (κ2) is 8.58. The van der Waals surface area contributed by atoms with E-state index < -0.39 is 0 Å². The number of likely N-dealkylation sites (N-methyl/N-ethyl adjacent to an activating group) is 1. The van der Waals surface area contributed by atoms with Crippen molar-refractivity contribution in [1.82, 2.24) is 10.2 Å². The molecule has 0 aliphatic carbocycles. The number of nitrogens with one attached hydrogen (secondary N) is 3. The fourth-order valence-corrected chi connectivity index (χ4v) is 4.30. The predicted molar refractivity (Wildman–Crippen MR) is 105 cm³/mol. The molecule has 0 spiro atoms. The lowest BCUT2D eigenvalue weighted by atomic mass is 9.97. The van der Waals surface area contributed by atoms with Gasteiger partial charge in [0.2, 0.25) is 5.91 Å². The fraction of sp³-hybridized carbons (Fsp3) is 0.556. The lowest BCUT2D eigenvalue weighted by molar-refractivity contribution is -0.115. The first-order chi connectivity index (χ1) is 11.9. The van der Waals surface area contributed by atoms with Crippen LogP contribution in [0.15, 0.2) is 18.2 Å². The summed E-state index contributed by atoms with van der Waals surface area (Å²) in [6.45, 7) is 4.35. The molecule has 0 aromatic heterocycles. The SMILES string of the molecule is CCC(=O)Nc1ccc(C)c(NC(=O)NC[C@@]2(N(C)C)CCSC2)c1. The van der Waals surface area contributed by atoms with Gasteiger partial charge < -0.3 is 20.9 Å². The van der Waals surface area contributed by atoms with Crippen LogP contribution in [0.2, 0.25) is 0 Å². The van der Waals surface area contributed by atoms with Crippen LogP contribution in [0.5, 0.6) is 0 Å². The summed E-state index contributed by atoms with van der Waals surface area (Å²) in [5, 5.41) is 8.71. The molecule has 1 aliphatic heterocycles. The Bertz CT molecular complexity index is 628. The summed E-state index contributed by atoms with van der Waals surface area (Å²) in [7, 11) is 4.13. The van der Waals surface area contributed by atoms with Crippen LogP contribution in [-0.4, -0.2) is 54.5 Å². The third-order valence-corrected chi connectivity index (χ3v) is 5.93. The highest BCUT2D eigenvalue weighted by Gasteiger charge is 2.36. The lowest BCUT2D eigenvalue weighted by Crippen LogP contribution is -2.53. The number of aryl methyl sites for hydroxylation is 1. The highest BCUT2D eigenvalue weighted by Crippen LogP contribution is 2.31. The number of hydrogen-bond acceptors (Lipinski definition) is 4. The number of rotatable bonds is 6. The van der Waals surface area contributed by atoms with E-state index in [0.29, 0.717) is 24.3 Å². The van der Waals surface area contributed by atoms with Gasteiger partial charge >= 0.3 is 6.03 Å². The molecule has 0 bridgehead atoms. The summed E-state index contributed by atoms with van der Waals surface area (Å²) < 4.78 is 0. The summed E-state index contributed by atoms with van der Waals surface area (Å²) in [5.41, 5.74) is 2.35. The molecule has 3 N–H and O–H groups in total. The van der Waals surface area contributed by atoms with Crippen LogP contribution in [0, 0.1) is 6.92 Å². The van der Waals surface area contributed by atoms with Gasteiger partial charge in [0, 0.05) is 35.6 Å². The van der Waals surface area contributed by atoms with Gasteiger partial charge in [-0.15, -0.1) is 0 Å². The number of carbonyl (C=O) groups is 2. The predicted octanol–water partition coefficient (Wildman–Crippen LogP) is 2.90. The van der Waals surface area contributed by atoms with Gasteiger partial charge in [-0.3, -0.25) is 4.79 Å². The molecule has 2 rings (SSSR count). The summed E-state index contributed by atoms with van der Waals surface area (Å²) in [4.78, 5) is 26.1. The van der Waals surface area contributed by atoms with E-state index in [1.165, 1.54) is 0 Å². The quantitative estimate of drug-likeness (QED) is 0.726. The molecule has 25 heavy (non-hydrogen) atoms. The third kappa shape index (κ3) is 5.12. The molecule has 1 fully saturated rings. The van der Waals surface area contributed by atoms with Crippen LogP contribution in [0.3, 0.4) is 0 Å². The maximum atomic E-state index is 12.3. The van der Waals surface area contributed by atoms with Crippen molar-refractivity contribution in [3.05, 3.63) is 23.8 Å². The normalized spacial score (nSPS) is 19.7. The minimum Gasteiger partial charge on any atom is -0.336 e. The Hall–Kier alpha value is -1.73.